The third-order valence-electron chi connectivity index (χ3n) is 3.80. The van der Waals surface area contributed by atoms with E-state index in [4.69, 9.17) is 16.3 Å². The van der Waals surface area contributed by atoms with Crippen molar-refractivity contribution in [1.82, 2.24) is 5.32 Å². The second-order valence-electron chi connectivity index (χ2n) is 5.93. The molecule has 1 amide bonds. The Morgan fingerprint density at radius 3 is 2.38 bits per heavy atom. The fourth-order valence-electron chi connectivity index (χ4n) is 2.36. The van der Waals surface area contributed by atoms with E-state index < -0.39 is 27.9 Å². The summed E-state index contributed by atoms with van der Waals surface area (Å²) in [5.74, 6) is -0.665. The van der Waals surface area contributed by atoms with Crippen molar-refractivity contribution in [2.24, 2.45) is 0 Å². The summed E-state index contributed by atoms with van der Waals surface area (Å²) in [5, 5.41) is 2.37. The van der Waals surface area contributed by atoms with E-state index in [1.54, 1.807) is 24.3 Å². The lowest BCUT2D eigenvalue weighted by atomic mass is 10.2. The van der Waals surface area contributed by atoms with Crippen molar-refractivity contribution in [2.75, 3.05) is 18.4 Å². The van der Waals surface area contributed by atoms with Gasteiger partial charge in [-0.2, -0.15) is 0 Å². The molecule has 2 rings (SSSR count). The summed E-state index contributed by atoms with van der Waals surface area (Å²) in [6.07, 6.45) is 0. The third kappa shape index (κ3) is 5.85. The van der Waals surface area contributed by atoms with E-state index in [2.05, 4.69) is 14.8 Å². The molecular formula is C19H21ClN2O6S. The predicted molar refractivity (Wildman–Crippen MR) is 109 cm³/mol. The number of hydrogen-bond acceptors (Lipinski definition) is 6. The van der Waals surface area contributed by atoms with Gasteiger partial charge in [0.25, 0.3) is 15.9 Å². The molecule has 1 atom stereocenters. The largest absolute Gasteiger partial charge is 0.494 e. The lowest BCUT2D eigenvalue weighted by molar-refractivity contribution is -0.142. The van der Waals surface area contributed by atoms with Gasteiger partial charge in [-0.3, -0.25) is 9.52 Å². The molecule has 0 aliphatic heterocycles. The van der Waals surface area contributed by atoms with E-state index in [1.165, 1.54) is 26.2 Å². The van der Waals surface area contributed by atoms with Crippen molar-refractivity contribution < 1.29 is 27.5 Å². The first-order valence-electron chi connectivity index (χ1n) is 8.62. The standard InChI is InChI=1S/C19H21ClN2O6S/c1-4-28-15-8-6-14(7-9-15)22-29(25,26)17-11-13(5-10-16(17)20)18(23)21-12(2)19(24)27-3/h5-12,22H,4H2,1-3H3,(H,21,23). The first kappa shape index (κ1) is 22.5. The molecule has 1 unspecified atom stereocenters. The van der Waals surface area contributed by atoms with Gasteiger partial charge in [0.2, 0.25) is 0 Å². The molecule has 0 aromatic heterocycles. The lowest BCUT2D eigenvalue weighted by Gasteiger charge is -2.14. The fraction of sp³-hybridized carbons (Fsp3) is 0.263. The number of amides is 1. The zero-order chi connectivity index (χ0) is 21.6. The number of halogens is 1. The predicted octanol–water partition coefficient (Wildman–Crippen LogP) is 2.83. The maximum Gasteiger partial charge on any atom is 0.328 e. The summed E-state index contributed by atoms with van der Waals surface area (Å²) < 4.78 is 37.8. The molecule has 2 N–H and O–H groups in total. The average molecular weight is 441 g/mol. The molecule has 0 fully saturated rings. The Balaban J connectivity index is 2.25. The van der Waals surface area contributed by atoms with Crippen molar-refractivity contribution in [1.29, 1.82) is 0 Å². The van der Waals surface area contributed by atoms with Crippen LogP contribution in [0.2, 0.25) is 5.02 Å². The maximum atomic E-state index is 12.8. The Hall–Kier alpha value is -2.78. The highest BCUT2D eigenvalue weighted by atomic mass is 35.5. The Morgan fingerprint density at radius 1 is 1.14 bits per heavy atom. The molecule has 0 heterocycles. The molecule has 0 spiro atoms. The van der Waals surface area contributed by atoms with Crippen LogP contribution in [0.5, 0.6) is 5.75 Å². The maximum absolute atomic E-state index is 12.8. The molecular weight excluding hydrogens is 420 g/mol. The zero-order valence-corrected chi connectivity index (χ0v) is 17.6. The highest BCUT2D eigenvalue weighted by Gasteiger charge is 2.22. The van der Waals surface area contributed by atoms with Crippen LogP contribution in [0.1, 0.15) is 24.2 Å². The molecule has 0 bridgehead atoms. The zero-order valence-electron chi connectivity index (χ0n) is 16.1. The molecule has 0 aliphatic rings. The van der Waals surface area contributed by atoms with Crippen LogP contribution in [0.25, 0.3) is 0 Å². The Bertz CT molecular complexity index is 992. The Kier molecular flexibility index (Phi) is 7.46. The third-order valence-corrected chi connectivity index (χ3v) is 5.67. The van der Waals surface area contributed by atoms with Crippen molar-refractivity contribution in [3.05, 3.63) is 53.1 Å². The van der Waals surface area contributed by atoms with E-state index in [9.17, 15) is 18.0 Å². The van der Waals surface area contributed by atoms with Gasteiger partial charge in [0.15, 0.2) is 0 Å². The van der Waals surface area contributed by atoms with Crippen LogP contribution in [0.3, 0.4) is 0 Å². The number of carbonyl (C=O) groups is 2. The van der Waals surface area contributed by atoms with Crippen molar-refractivity contribution in [3.63, 3.8) is 0 Å². The minimum atomic E-state index is -4.07. The number of benzene rings is 2. The number of sulfonamides is 1. The summed E-state index contributed by atoms with van der Waals surface area (Å²) in [6, 6.07) is 9.24. The molecule has 0 aliphatic carbocycles. The summed E-state index contributed by atoms with van der Waals surface area (Å²) in [4.78, 5) is 23.5. The molecule has 2 aromatic rings. The topological polar surface area (TPSA) is 111 Å². The molecule has 8 nitrogen and oxygen atoms in total. The normalized spacial score (nSPS) is 12.0. The van der Waals surface area contributed by atoms with Gasteiger partial charge in [-0.05, 0) is 56.3 Å². The number of carbonyl (C=O) groups excluding carboxylic acids is 2. The van der Waals surface area contributed by atoms with Gasteiger partial charge in [0.1, 0.15) is 16.7 Å². The Labute approximate surface area is 174 Å². The first-order chi connectivity index (χ1) is 13.7. The second kappa shape index (κ2) is 9.62. The van der Waals surface area contributed by atoms with E-state index in [-0.39, 0.29) is 15.5 Å². The van der Waals surface area contributed by atoms with Gasteiger partial charge < -0.3 is 14.8 Å². The molecule has 0 radical (unpaired) electrons. The molecule has 156 valence electrons. The van der Waals surface area contributed by atoms with Crippen LogP contribution in [0, 0.1) is 0 Å². The minimum absolute atomic E-state index is 0.0252. The number of esters is 1. The van der Waals surface area contributed by atoms with Crippen LogP contribution in [0.4, 0.5) is 5.69 Å². The number of anilines is 1. The summed E-state index contributed by atoms with van der Waals surface area (Å²) in [5.41, 5.74) is 0.330. The van der Waals surface area contributed by atoms with E-state index in [0.717, 1.165) is 6.07 Å². The van der Waals surface area contributed by atoms with Crippen molar-refractivity contribution >= 4 is 39.2 Å². The summed E-state index contributed by atoms with van der Waals surface area (Å²) >= 11 is 6.05. The highest BCUT2D eigenvalue weighted by Crippen LogP contribution is 2.26. The molecule has 10 heteroatoms. The van der Waals surface area contributed by atoms with Gasteiger partial charge in [-0.1, -0.05) is 11.6 Å². The van der Waals surface area contributed by atoms with Gasteiger partial charge in [0, 0.05) is 11.3 Å². The van der Waals surface area contributed by atoms with Gasteiger partial charge >= 0.3 is 5.97 Å². The van der Waals surface area contributed by atoms with Gasteiger partial charge in [0.05, 0.1) is 18.7 Å². The van der Waals surface area contributed by atoms with E-state index >= 15 is 0 Å². The molecule has 29 heavy (non-hydrogen) atoms. The smallest absolute Gasteiger partial charge is 0.328 e. The number of hydrogen-bond donors (Lipinski definition) is 2. The van der Waals surface area contributed by atoms with Crippen molar-refractivity contribution in [3.8, 4) is 5.75 Å². The SMILES string of the molecule is CCOc1ccc(NS(=O)(=O)c2cc(C(=O)NC(C)C(=O)OC)ccc2Cl)cc1. The minimum Gasteiger partial charge on any atom is -0.494 e. The highest BCUT2D eigenvalue weighted by molar-refractivity contribution is 7.92. The number of ether oxygens (including phenoxy) is 2. The van der Waals surface area contributed by atoms with Crippen LogP contribution in [-0.2, 0) is 19.6 Å². The summed E-state index contributed by atoms with van der Waals surface area (Å²) in [6.45, 7) is 3.78. The van der Waals surface area contributed by atoms with Crippen LogP contribution >= 0.6 is 11.6 Å². The fourth-order valence-corrected chi connectivity index (χ4v) is 3.95. The Morgan fingerprint density at radius 2 is 1.79 bits per heavy atom. The molecule has 2 aromatic carbocycles. The van der Waals surface area contributed by atoms with E-state index in [0.29, 0.717) is 18.0 Å². The first-order valence-corrected chi connectivity index (χ1v) is 10.5. The lowest BCUT2D eigenvalue weighted by Crippen LogP contribution is -2.39. The molecule has 0 saturated carbocycles. The van der Waals surface area contributed by atoms with Gasteiger partial charge in [-0.15, -0.1) is 0 Å². The average Bonchev–Trinajstić information content (AvgIpc) is 2.68. The van der Waals surface area contributed by atoms with Gasteiger partial charge in [-0.25, -0.2) is 13.2 Å². The molecule has 0 saturated heterocycles. The summed E-state index contributed by atoms with van der Waals surface area (Å²) in [7, 11) is -2.87. The van der Waals surface area contributed by atoms with Crippen LogP contribution in [-0.4, -0.2) is 40.1 Å². The number of nitrogens with one attached hydrogen (secondary N) is 2. The van der Waals surface area contributed by atoms with E-state index in [1.807, 2.05) is 6.92 Å². The quantitative estimate of drug-likeness (QED) is 0.610. The van der Waals surface area contributed by atoms with Crippen LogP contribution in [0.15, 0.2) is 47.4 Å². The number of rotatable bonds is 8. The monoisotopic (exact) mass is 440 g/mol. The van der Waals surface area contributed by atoms with Crippen molar-refractivity contribution in [2.45, 2.75) is 24.8 Å². The second-order valence-corrected chi connectivity index (χ2v) is 7.98. The number of methoxy groups -OCH3 is 1. The van der Waals surface area contributed by atoms with Crippen LogP contribution < -0.4 is 14.8 Å².